The molecule has 1 aromatic rings. The molecule has 1 aromatic carbocycles. The van der Waals surface area contributed by atoms with Crippen molar-refractivity contribution in [3.63, 3.8) is 0 Å². The van der Waals surface area contributed by atoms with Crippen molar-refractivity contribution in [1.82, 2.24) is 10.6 Å². The fourth-order valence-electron chi connectivity index (χ4n) is 1.87. The Balaban J connectivity index is 2.19. The van der Waals surface area contributed by atoms with Gasteiger partial charge in [0, 0.05) is 5.75 Å². The van der Waals surface area contributed by atoms with E-state index in [0.29, 0.717) is 6.61 Å². The van der Waals surface area contributed by atoms with E-state index >= 15 is 0 Å². The summed E-state index contributed by atoms with van der Waals surface area (Å²) in [6.45, 7) is 3.33. The maximum absolute atomic E-state index is 11.9. The lowest BCUT2D eigenvalue weighted by atomic mass is 10.2. The number of alkyl carbamates (subject to hydrolysis) is 1. The minimum atomic E-state index is -0.744. The second kappa shape index (κ2) is 12.7. The van der Waals surface area contributed by atoms with Crippen molar-refractivity contribution < 1.29 is 28.7 Å². The number of amides is 2. The van der Waals surface area contributed by atoms with Crippen LogP contribution >= 0.6 is 11.8 Å². The highest BCUT2D eigenvalue weighted by molar-refractivity contribution is 8.13. The van der Waals surface area contributed by atoms with Crippen LogP contribution in [0.25, 0.3) is 0 Å². The fourth-order valence-corrected chi connectivity index (χ4v) is 2.65. The molecular formula is C18H24N2O6S. The van der Waals surface area contributed by atoms with Gasteiger partial charge in [-0.25, -0.2) is 4.79 Å². The lowest BCUT2D eigenvalue weighted by Crippen LogP contribution is -2.43. The molecule has 0 saturated heterocycles. The third-order valence-electron chi connectivity index (χ3n) is 3.19. The minimum absolute atomic E-state index is 0.0975. The molecule has 27 heavy (non-hydrogen) atoms. The summed E-state index contributed by atoms with van der Waals surface area (Å²) >= 11 is 0.944. The number of benzene rings is 1. The summed E-state index contributed by atoms with van der Waals surface area (Å²) in [5, 5.41) is 4.51. The number of rotatable bonds is 10. The van der Waals surface area contributed by atoms with E-state index in [9.17, 15) is 19.2 Å². The highest BCUT2D eigenvalue weighted by atomic mass is 32.2. The molecule has 0 aliphatic heterocycles. The molecule has 0 aliphatic rings. The van der Waals surface area contributed by atoms with E-state index in [4.69, 9.17) is 9.47 Å². The standard InChI is InChI=1S/C18H24N2O6S/c1-3-25-16(22)9-10-27-17(23)13(2)20-15(21)11-19-18(24)26-12-14-7-5-4-6-8-14/h4-8,13H,3,9-12H2,1-2H3,(H,19,24)(H,20,21)/t13-/m0/s1. The summed E-state index contributed by atoms with van der Waals surface area (Å²) in [5.74, 6) is -0.603. The van der Waals surface area contributed by atoms with E-state index in [-0.39, 0.29) is 36.4 Å². The number of hydrogen-bond acceptors (Lipinski definition) is 7. The molecule has 1 atom stereocenters. The summed E-state index contributed by atoms with van der Waals surface area (Å²) in [6.07, 6.45) is -0.600. The van der Waals surface area contributed by atoms with Crippen LogP contribution in [-0.2, 0) is 30.5 Å². The van der Waals surface area contributed by atoms with Gasteiger partial charge in [-0.2, -0.15) is 0 Å². The maximum atomic E-state index is 11.9. The van der Waals surface area contributed by atoms with E-state index in [0.717, 1.165) is 17.3 Å². The van der Waals surface area contributed by atoms with Gasteiger partial charge >= 0.3 is 12.1 Å². The first kappa shape index (κ1) is 22.5. The Labute approximate surface area is 162 Å². The third-order valence-corrected chi connectivity index (χ3v) is 4.24. The highest BCUT2D eigenvalue weighted by Crippen LogP contribution is 2.08. The molecule has 8 nitrogen and oxygen atoms in total. The van der Waals surface area contributed by atoms with Crippen LogP contribution in [0.2, 0.25) is 0 Å². The fraction of sp³-hybridized carbons (Fsp3) is 0.444. The van der Waals surface area contributed by atoms with E-state index in [1.165, 1.54) is 6.92 Å². The van der Waals surface area contributed by atoms with Gasteiger partial charge in [-0.3, -0.25) is 14.4 Å². The van der Waals surface area contributed by atoms with Gasteiger partial charge < -0.3 is 20.1 Å². The molecule has 148 valence electrons. The van der Waals surface area contributed by atoms with Gasteiger partial charge in [0.2, 0.25) is 11.0 Å². The summed E-state index contributed by atoms with van der Waals surface area (Å²) < 4.78 is 9.75. The molecule has 0 fully saturated rings. The van der Waals surface area contributed by atoms with Gasteiger partial charge in [0.1, 0.15) is 13.2 Å². The van der Waals surface area contributed by atoms with Crippen molar-refractivity contribution in [3.05, 3.63) is 35.9 Å². The van der Waals surface area contributed by atoms with Crippen LogP contribution in [-0.4, -0.2) is 48.0 Å². The Morgan fingerprint density at radius 3 is 2.48 bits per heavy atom. The van der Waals surface area contributed by atoms with Crippen molar-refractivity contribution in [3.8, 4) is 0 Å². The molecule has 0 radical (unpaired) electrons. The number of hydrogen-bond donors (Lipinski definition) is 2. The van der Waals surface area contributed by atoms with Gasteiger partial charge in [0.05, 0.1) is 19.1 Å². The summed E-state index contributed by atoms with van der Waals surface area (Å²) in [6, 6.07) is 8.39. The highest BCUT2D eigenvalue weighted by Gasteiger charge is 2.17. The van der Waals surface area contributed by atoms with Crippen LogP contribution in [0.5, 0.6) is 0 Å². The van der Waals surface area contributed by atoms with Crippen LogP contribution in [0.4, 0.5) is 4.79 Å². The first-order chi connectivity index (χ1) is 12.9. The number of esters is 1. The summed E-state index contributed by atoms with van der Waals surface area (Å²) in [4.78, 5) is 46.5. The average Bonchev–Trinajstić information content (AvgIpc) is 2.65. The SMILES string of the molecule is CCOC(=O)CCSC(=O)[C@H](C)NC(=O)CNC(=O)OCc1ccccc1. The van der Waals surface area contributed by atoms with Crippen molar-refractivity contribution in [2.45, 2.75) is 32.9 Å². The molecule has 1 rings (SSSR count). The molecule has 0 saturated carbocycles. The van der Waals surface area contributed by atoms with Crippen molar-refractivity contribution in [2.24, 2.45) is 0 Å². The van der Waals surface area contributed by atoms with E-state index in [2.05, 4.69) is 10.6 Å². The van der Waals surface area contributed by atoms with E-state index < -0.39 is 18.0 Å². The lowest BCUT2D eigenvalue weighted by molar-refractivity contribution is -0.142. The quantitative estimate of drug-likeness (QED) is 0.578. The minimum Gasteiger partial charge on any atom is -0.466 e. The molecule has 0 unspecified atom stereocenters. The second-order valence-corrected chi connectivity index (χ2v) is 6.53. The van der Waals surface area contributed by atoms with Crippen LogP contribution in [0.1, 0.15) is 25.8 Å². The Morgan fingerprint density at radius 2 is 1.81 bits per heavy atom. The zero-order valence-electron chi connectivity index (χ0n) is 15.4. The van der Waals surface area contributed by atoms with Crippen molar-refractivity contribution in [2.75, 3.05) is 18.9 Å². The van der Waals surface area contributed by atoms with E-state index in [1.807, 2.05) is 30.3 Å². The molecular weight excluding hydrogens is 372 g/mol. The topological polar surface area (TPSA) is 111 Å². The van der Waals surface area contributed by atoms with Crippen molar-refractivity contribution >= 4 is 34.8 Å². The first-order valence-electron chi connectivity index (χ1n) is 8.48. The Morgan fingerprint density at radius 1 is 1.11 bits per heavy atom. The molecule has 2 N–H and O–H groups in total. The van der Waals surface area contributed by atoms with E-state index in [1.54, 1.807) is 6.92 Å². The molecule has 0 bridgehead atoms. The summed E-state index contributed by atoms with van der Waals surface area (Å²) in [7, 11) is 0. The Kier molecular flexibility index (Phi) is 10.6. The van der Waals surface area contributed by atoms with Crippen molar-refractivity contribution in [1.29, 1.82) is 0 Å². The van der Waals surface area contributed by atoms with Crippen LogP contribution in [0, 0.1) is 0 Å². The molecule has 0 aliphatic carbocycles. The lowest BCUT2D eigenvalue weighted by Gasteiger charge is -2.13. The second-order valence-electron chi connectivity index (χ2n) is 5.43. The van der Waals surface area contributed by atoms with Crippen LogP contribution in [0.3, 0.4) is 0 Å². The monoisotopic (exact) mass is 396 g/mol. The molecule has 9 heteroatoms. The Hall–Kier alpha value is -2.55. The van der Waals surface area contributed by atoms with Gasteiger partial charge in [0.25, 0.3) is 0 Å². The summed E-state index contributed by atoms with van der Waals surface area (Å²) in [5.41, 5.74) is 0.830. The number of nitrogens with one attached hydrogen (secondary N) is 2. The average molecular weight is 396 g/mol. The molecule has 2 amide bonds. The van der Waals surface area contributed by atoms with Gasteiger partial charge in [-0.05, 0) is 19.4 Å². The largest absolute Gasteiger partial charge is 0.466 e. The smallest absolute Gasteiger partial charge is 0.407 e. The van der Waals surface area contributed by atoms with Crippen LogP contribution in [0.15, 0.2) is 30.3 Å². The predicted octanol–water partition coefficient (Wildman–Crippen LogP) is 1.63. The van der Waals surface area contributed by atoms with Crippen LogP contribution < -0.4 is 10.6 Å². The molecule has 0 heterocycles. The normalized spacial score (nSPS) is 11.2. The number of carbonyl (C=O) groups excluding carboxylic acids is 4. The Bertz CT molecular complexity index is 638. The molecule has 0 spiro atoms. The zero-order valence-corrected chi connectivity index (χ0v) is 16.2. The number of carbonyl (C=O) groups is 4. The first-order valence-corrected chi connectivity index (χ1v) is 9.47. The maximum Gasteiger partial charge on any atom is 0.407 e. The number of thioether (sulfide) groups is 1. The predicted molar refractivity (Wildman–Crippen MR) is 101 cm³/mol. The number of ether oxygens (including phenoxy) is 2. The van der Waals surface area contributed by atoms with Gasteiger partial charge in [-0.1, -0.05) is 42.1 Å². The molecule has 0 aromatic heterocycles. The van der Waals surface area contributed by atoms with Gasteiger partial charge in [-0.15, -0.1) is 0 Å². The van der Waals surface area contributed by atoms with Gasteiger partial charge in [0.15, 0.2) is 0 Å². The third kappa shape index (κ3) is 10.2. The zero-order chi connectivity index (χ0) is 20.1.